The zero-order valence-corrected chi connectivity index (χ0v) is 13.1. The number of anilines is 1. The molecule has 1 unspecified atom stereocenters. The van der Waals surface area contributed by atoms with Crippen LogP contribution in [-0.2, 0) is 15.8 Å². The SMILES string of the molecule is CC(CC(=O)Nc1ccc(Cl)c(C(F)(F)F)c1)N[C@@H](C)C(=O)O. The first-order chi connectivity index (χ1) is 10.5. The van der Waals surface area contributed by atoms with Gasteiger partial charge in [-0.3, -0.25) is 9.59 Å². The summed E-state index contributed by atoms with van der Waals surface area (Å²) in [6.45, 7) is 3.02. The number of hydrogen-bond donors (Lipinski definition) is 3. The van der Waals surface area contributed by atoms with Crippen LogP contribution in [0.15, 0.2) is 18.2 Å². The Labute approximate surface area is 135 Å². The Morgan fingerprint density at radius 2 is 1.91 bits per heavy atom. The number of benzene rings is 1. The molecule has 0 aliphatic carbocycles. The van der Waals surface area contributed by atoms with Crippen molar-refractivity contribution >= 4 is 29.2 Å². The number of halogens is 4. The average Bonchev–Trinajstić information content (AvgIpc) is 2.39. The molecule has 0 fully saturated rings. The fourth-order valence-corrected chi connectivity index (χ4v) is 2.09. The minimum absolute atomic E-state index is 0.0368. The van der Waals surface area contributed by atoms with Crippen molar-refractivity contribution in [2.45, 2.75) is 38.5 Å². The molecule has 0 aliphatic heterocycles. The molecule has 0 aliphatic rings. The molecule has 128 valence electrons. The van der Waals surface area contributed by atoms with E-state index < -0.39 is 40.7 Å². The van der Waals surface area contributed by atoms with Gasteiger partial charge in [0.05, 0.1) is 10.6 Å². The Bertz CT molecular complexity index is 593. The van der Waals surface area contributed by atoms with Crippen LogP contribution in [0.3, 0.4) is 0 Å². The molecule has 1 aromatic carbocycles. The largest absolute Gasteiger partial charge is 0.480 e. The van der Waals surface area contributed by atoms with E-state index in [9.17, 15) is 22.8 Å². The molecule has 0 saturated carbocycles. The number of nitrogens with one attached hydrogen (secondary N) is 2. The topological polar surface area (TPSA) is 78.4 Å². The van der Waals surface area contributed by atoms with E-state index in [0.717, 1.165) is 12.1 Å². The highest BCUT2D eigenvalue weighted by molar-refractivity contribution is 6.31. The van der Waals surface area contributed by atoms with Gasteiger partial charge < -0.3 is 15.7 Å². The maximum atomic E-state index is 12.7. The van der Waals surface area contributed by atoms with Gasteiger partial charge in [0.15, 0.2) is 0 Å². The Hall–Kier alpha value is -1.80. The molecule has 23 heavy (non-hydrogen) atoms. The second-order valence-electron chi connectivity index (χ2n) is 5.07. The zero-order chi connectivity index (χ0) is 17.8. The number of carbonyl (C=O) groups excluding carboxylic acids is 1. The van der Waals surface area contributed by atoms with E-state index in [2.05, 4.69) is 10.6 Å². The van der Waals surface area contributed by atoms with Crippen LogP contribution in [0.1, 0.15) is 25.8 Å². The van der Waals surface area contributed by atoms with Crippen LogP contribution in [0.25, 0.3) is 0 Å². The van der Waals surface area contributed by atoms with Gasteiger partial charge in [-0.1, -0.05) is 11.6 Å². The first-order valence-corrected chi connectivity index (χ1v) is 7.04. The maximum Gasteiger partial charge on any atom is 0.417 e. The Balaban J connectivity index is 2.69. The maximum absolute atomic E-state index is 12.7. The van der Waals surface area contributed by atoms with Gasteiger partial charge in [0.25, 0.3) is 0 Å². The standard InChI is InChI=1S/C14H16ClF3N2O3/c1-7(19-8(2)13(22)23)5-12(21)20-9-3-4-11(15)10(6-9)14(16,17)18/h3-4,6-8,19H,5H2,1-2H3,(H,20,21)(H,22,23)/t7?,8-/m0/s1. The molecule has 5 nitrogen and oxygen atoms in total. The number of hydrogen-bond acceptors (Lipinski definition) is 3. The molecule has 3 N–H and O–H groups in total. The number of rotatable bonds is 6. The lowest BCUT2D eigenvalue weighted by molar-refractivity contribution is -0.139. The van der Waals surface area contributed by atoms with E-state index in [4.69, 9.17) is 16.7 Å². The van der Waals surface area contributed by atoms with Gasteiger partial charge in [-0.2, -0.15) is 13.2 Å². The van der Waals surface area contributed by atoms with Crippen LogP contribution < -0.4 is 10.6 Å². The van der Waals surface area contributed by atoms with E-state index in [1.165, 1.54) is 13.0 Å². The molecular formula is C14H16ClF3N2O3. The highest BCUT2D eigenvalue weighted by Crippen LogP contribution is 2.36. The number of amides is 1. The van der Waals surface area contributed by atoms with E-state index in [1.807, 2.05) is 0 Å². The zero-order valence-electron chi connectivity index (χ0n) is 12.4. The third-order valence-corrected chi connectivity index (χ3v) is 3.28. The van der Waals surface area contributed by atoms with E-state index >= 15 is 0 Å². The third kappa shape index (κ3) is 6.07. The fraction of sp³-hybridized carbons (Fsp3) is 0.429. The second-order valence-corrected chi connectivity index (χ2v) is 5.48. The Morgan fingerprint density at radius 3 is 2.43 bits per heavy atom. The van der Waals surface area contributed by atoms with E-state index in [1.54, 1.807) is 6.92 Å². The van der Waals surface area contributed by atoms with Gasteiger partial charge in [-0.05, 0) is 32.0 Å². The summed E-state index contributed by atoms with van der Waals surface area (Å²) >= 11 is 5.49. The van der Waals surface area contributed by atoms with Crippen LogP contribution in [-0.4, -0.2) is 29.1 Å². The van der Waals surface area contributed by atoms with E-state index in [0.29, 0.717) is 0 Å². The molecule has 0 aromatic heterocycles. The summed E-state index contributed by atoms with van der Waals surface area (Å²) in [6, 6.07) is 1.75. The summed E-state index contributed by atoms with van der Waals surface area (Å²) in [6.07, 6.45) is -4.72. The number of carboxylic acid groups (broad SMARTS) is 1. The third-order valence-electron chi connectivity index (χ3n) is 2.95. The second kappa shape index (κ2) is 7.65. The number of aliphatic carboxylic acids is 1. The summed E-state index contributed by atoms with van der Waals surface area (Å²) < 4.78 is 38.2. The van der Waals surface area contributed by atoms with Crippen molar-refractivity contribution in [1.29, 1.82) is 0 Å². The van der Waals surface area contributed by atoms with Crippen molar-refractivity contribution in [3.8, 4) is 0 Å². The van der Waals surface area contributed by atoms with Crippen molar-refractivity contribution in [1.82, 2.24) is 5.32 Å². The number of alkyl halides is 3. The fourth-order valence-electron chi connectivity index (χ4n) is 1.87. The van der Waals surface area contributed by atoms with Crippen molar-refractivity contribution in [2.24, 2.45) is 0 Å². The summed E-state index contributed by atoms with van der Waals surface area (Å²) in [5.74, 6) is -1.61. The first-order valence-electron chi connectivity index (χ1n) is 6.66. The molecule has 9 heteroatoms. The molecule has 0 spiro atoms. The molecule has 1 amide bonds. The molecule has 0 bridgehead atoms. The lowest BCUT2D eigenvalue weighted by Gasteiger charge is -2.17. The van der Waals surface area contributed by atoms with Gasteiger partial charge >= 0.3 is 12.1 Å². The molecule has 1 aromatic rings. The highest BCUT2D eigenvalue weighted by atomic mass is 35.5. The average molecular weight is 353 g/mol. The Kier molecular flexibility index (Phi) is 6.40. The number of carboxylic acids is 1. The molecule has 0 heterocycles. The quantitative estimate of drug-likeness (QED) is 0.735. The van der Waals surface area contributed by atoms with Crippen LogP contribution in [0.2, 0.25) is 5.02 Å². The monoisotopic (exact) mass is 352 g/mol. The normalized spacial score (nSPS) is 14.2. The lowest BCUT2D eigenvalue weighted by Crippen LogP contribution is -2.41. The summed E-state index contributed by atoms with van der Waals surface area (Å²) in [5.41, 5.74) is -1.08. The predicted molar refractivity (Wildman–Crippen MR) is 79.4 cm³/mol. The lowest BCUT2D eigenvalue weighted by atomic mass is 10.1. The smallest absolute Gasteiger partial charge is 0.417 e. The summed E-state index contributed by atoms with van der Waals surface area (Å²) in [5, 5.41) is 13.3. The molecule has 0 saturated heterocycles. The minimum Gasteiger partial charge on any atom is -0.480 e. The predicted octanol–water partition coefficient (Wildman–Crippen LogP) is 3.14. The van der Waals surface area contributed by atoms with Crippen LogP contribution in [0, 0.1) is 0 Å². The molecule has 0 radical (unpaired) electrons. The Morgan fingerprint density at radius 1 is 1.30 bits per heavy atom. The first kappa shape index (κ1) is 19.2. The number of carbonyl (C=O) groups is 2. The van der Waals surface area contributed by atoms with Gasteiger partial charge in [0.2, 0.25) is 5.91 Å². The molecular weight excluding hydrogens is 337 g/mol. The van der Waals surface area contributed by atoms with Crippen molar-refractivity contribution < 1.29 is 27.9 Å². The van der Waals surface area contributed by atoms with Crippen LogP contribution in [0.5, 0.6) is 0 Å². The highest BCUT2D eigenvalue weighted by Gasteiger charge is 2.33. The van der Waals surface area contributed by atoms with Crippen molar-refractivity contribution in [3.05, 3.63) is 28.8 Å². The van der Waals surface area contributed by atoms with Gasteiger partial charge in [-0.25, -0.2) is 0 Å². The van der Waals surface area contributed by atoms with Gasteiger partial charge in [-0.15, -0.1) is 0 Å². The van der Waals surface area contributed by atoms with Crippen molar-refractivity contribution in [3.63, 3.8) is 0 Å². The molecule has 1 rings (SSSR count). The van der Waals surface area contributed by atoms with Gasteiger partial charge in [0, 0.05) is 18.2 Å². The van der Waals surface area contributed by atoms with E-state index in [-0.39, 0.29) is 12.1 Å². The van der Waals surface area contributed by atoms with Crippen LogP contribution in [0.4, 0.5) is 18.9 Å². The van der Waals surface area contributed by atoms with Crippen LogP contribution >= 0.6 is 11.6 Å². The summed E-state index contributed by atoms with van der Waals surface area (Å²) in [4.78, 5) is 22.5. The molecule has 2 atom stereocenters. The summed E-state index contributed by atoms with van der Waals surface area (Å²) in [7, 11) is 0. The van der Waals surface area contributed by atoms with Crippen molar-refractivity contribution in [2.75, 3.05) is 5.32 Å². The van der Waals surface area contributed by atoms with Gasteiger partial charge in [0.1, 0.15) is 6.04 Å². The minimum atomic E-state index is -4.62.